The van der Waals surface area contributed by atoms with Crippen molar-refractivity contribution in [3.05, 3.63) is 40.3 Å². The molecular weight excluding hydrogens is 384 g/mol. The van der Waals surface area contributed by atoms with Crippen molar-refractivity contribution in [2.45, 2.75) is 25.5 Å². The molecule has 0 aliphatic carbocycles. The molecule has 2 saturated heterocycles. The van der Waals surface area contributed by atoms with Gasteiger partial charge in [0.1, 0.15) is 6.10 Å². The highest BCUT2D eigenvalue weighted by Crippen LogP contribution is 2.23. The number of nitrogens with one attached hydrogen (secondary N) is 1. The number of likely N-dealkylation sites (tertiary alicyclic amines) is 1. The van der Waals surface area contributed by atoms with Gasteiger partial charge in [0.15, 0.2) is 5.96 Å². The van der Waals surface area contributed by atoms with Crippen LogP contribution in [-0.4, -0.2) is 71.9 Å². The highest BCUT2D eigenvalue weighted by Gasteiger charge is 2.26. The SMILES string of the molecule is CN=C(NCC1CCN(Cc2cccs2)CC1)N1CCOC(c2cnn(C)c2)C1. The van der Waals surface area contributed by atoms with Gasteiger partial charge in [0.2, 0.25) is 0 Å². The topological polar surface area (TPSA) is 57.9 Å². The van der Waals surface area contributed by atoms with E-state index in [4.69, 9.17) is 4.74 Å². The Balaban J connectivity index is 1.23. The van der Waals surface area contributed by atoms with Crippen LogP contribution in [0.25, 0.3) is 0 Å². The minimum atomic E-state index is 0.0523. The van der Waals surface area contributed by atoms with E-state index in [2.05, 4.69) is 42.7 Å². The van der Waals surface area contributed by atoms with Gasteiger partial charge in [-0.15, -0.1) is 11.3 Å². The van der Waals surface area contributed by atoms with E-state index in [9.17, 15) is 0 Å². The summed E-state index contributed by atoms with van der Waals surface area (Å²) in [4.78, 5) is 10.9. The van der Waals surface area contributed by atoms with Gasteiger partial charge in [-0.1, -0.05) is 6.07 Å². The Bertz CT molecular complexity index is 781. The molecule has 2 aliphatic heterocycles. The van der Waals surface area contributed by atoms with Gasteiger partial charge < -0.3 is 15.0 Å². The lowest BCUT2D eigenvalue weighted by atomic mass is 9.97. The second kappa shape index (κ2) is 9.73. The van der Waals surface area contributed by atoms with E-state index < -0.39 is 0 Å². The van der Waals surface area contributed by atoms with E-state index >= 15 is 0 Å². The van der Waals surface area contributed by atoms with Crippen LogP contribution >= 0.6 is 11.3 Å². The second-order valence-electron chi connectivity index (χ2n) is 7.98. The number of morpholine rings is 1. The number of rotatable bonds is 5. The molecule has 0 radical (unpaired) electrons. The summed E-state index contributed by atoms with van der Waals surface area (Å²) in [6.45, 7) is 6.85. The van der Waals surface area contributed by atoms with Crippen LogP contribution in [0.2, 0.25) is 0 Å². The summed E-state index contributed by atoms with van der Waals surface area (Å²) in [7, 11) is 3.82. The number of aromatic nitrogens is 2. The van der Waals surface area contributed by atoms with Gasteiger partial charge in [0.05, 0.1) is 19.3 Å². The Hall–Kier alpha value is -1.90. The maximum Gasteiger partial charge on any atom is 0.193 e. The van der Waals surface area contributed by atoms with E-state index in [1.807, 2.05) is 42.5 Å². The molecule has 29 heavy (non-hydrogen) atoms. The Kier molecular flexibility index (Phi) is 6.84. The smallest absolute Gasteiger partial charge is 0.193 e. The molecule has 0 aromatic carbocycles. The summed E-state index contributed by atoms with van der Waals surface area (Å²) in [6.07, 6.45) is 6.48. The monoisotopic (exact) mass is 416 g/mol. The molecule has 2 fully saturated rings. The van der Waals surface area contributed by atoms with Crippen molar-refractivity contribution in [3.63, 3.8) is 0 Å². The first-order valence-corrected chi connectivity index (χ1v) is 11.4. The van der Waals surface area contributed by atoms with Crippen LogP contribution in [0.3, 0.4) is 0 Å². The maximum absolute atomic E-state index is 5.97. The summed E-state index contributed by atoms with van der Waals surface area (Å²) in [5, 5.41) is 10.1. The number of hydrogen-bond acceptors (Lipinski definition) is 5. The van der Waals surface area contributed by atoms with Crippen molar-refractivity contribution in [2.24, 2.45) is 18.0 Å². The number of aliphatic imine (C=N–C) groups is 1. The fraction of sp³-hybridized carbons (Fsp3) is 0.619. The summed E-state index contributed by atoms with van der Waals surface area (Å²) >= 11 is 1.86. The van der Waals surface area contributed by atoms with Crippen molar-refractivity contribution < 1.29 is 4.74 Å². The number of guanidine groups is 1. The van der Waals surface area contributed by atoms with Crippen molar-refractivity contribution in [2.75, 3.05) is 46.4 Å². The zero-order chi connectivity index (χ0) is 20.1. The molecule has 7 nitrogen and oxygen atoms in total. The van der Waals surface area contributed by atoms with Gasteiger partial charge in [0.25, 0.3) is 0 Å². The van der Waals surface area contributed by atoms with Crippen LogP contribution in [0.4, 0.5) is 0 Å². The molecule has 0 bridgehead atoms. The lowest BCUT2D eigenvalue weighted by molar-refractivity contribution is -0.00812. The van der Waals surface area contributed by atoms with Gasteiger partial charge in [-0.25, -0.2) is 0 Å². The number of aryl methyl sites for hydroxylation is 1. The molecule has 0 spiro atoms. The second-order valence-corrected chi connectivity index (χ2v) is 9.01. The van der Waals surface area contributed by atoms with Gasteiger partial charge >= 0.3 is 0 Å². The van der Waals surface area contributed by atoms with Crippen LogP contribution in [0.5, 0.6) is 0 Å². The number of hydrogen-bond donors (Lipinski definition) is 1. The van der Waals surface area contributed by atoms with Gasteiger partial charge in [-0.05, 0) is 43.3 Å². The molecule has 2 aliphatic rings. The molecule has 158 valence electrons. The molecule has 4 heterocycles. The van der Waals surface area contributed by atoms with E-state index in [1.54, 1.807) is 0 Å². The average Bonchev–Trinajstić information content (AvgIpc) is 3.42. The number of piperidine rings is 1. The summed E-state index contributed by atoms with van der Waals surface area (Å²) in [5.41, 5.74) is 1.13. The normalized spacial score (nSPS) is 22.2. The molecule has 1 atom stereocenters. The van der Waals surface area contributed by atoms with Crippen LogP contribution in [0.1, 0.15) is 29.4 Å². The van der Waals surface area contributed by atoms with Crippen LogP contribution < -0.4 is 5.32 Å². The first-order valence-electron chi connectivity index (χ1n) is 10.5. The lowest BCUT2D eigenvalue weighted by Crippen LogP contribution is -2.49. The highest BCUT2D eigenvalue weighted by molar-refractivity contribution is 7.09. The standard InChI is InChI=1S/C21H32N6OS/c1-22-21(27-9-10-28-20(16-27)18-13-24-25(2)14-18)23-12-17-5-7-26(8-6-17)15-19-4-3-11-29-19/h3-4,11,13-14,17,20H,5-10,12,15-16H2,1-2H3,(H,22,23). The minimum absolute atomic E-state index is 0.0523. The molecule has 1 N–H and O–H groups in total. The van der Waals surface area contributed by atoms with Crippen molar-refractivity contribution in [1.29, 1.82) is 0 Å². The third-order valence-electron chi connectivity index (χ3n) is 5.89. The van der Waals surface area contributed by atoms with Gasteiger partial charge in [-0.2, -0.15) is 5.10 Å². The fourth-order valence-electron chi connectivity index (χ4n) is 4.19. The average molecular weight is 417 g/mol. The van der Waals surface area contributed by atoms with Crippen LogP contribution in [-0.2, 0) is 18.3 Å². The number of nitrogens with zero attached hydrogens (tertiary/aromatic N) is 5. The van der Waals surface area contributed by atoms with Crippen molar-refractivity contribution >= 4 is 17.3 Å². The van der Waals surface area contributed by atoms with Crippen LogP contribution in [0.15, 0.2) is 34.9 Å². The summed E-state index contributed by atoms with van der Waals surface area (Å²) < 4.78 is 7.80. The number of thiophene rings is 1. The molecule has 4 rings (SSSR count). The predicted molar refractivity (Wildman–Crippen MR) is 117 cm³/mol. The third-order valence-corrected chi connectivity index (χ3v) is 6.75. The fourth-order valence-corrected chi connectivity index (χ4v) is 4.94. The molecule has 2 aromatic rings. The molecule has 8 heteroatoms. The third kappa shape index (κ3) is 5.38. The summed E-state index contributed by atoms with van der Waals surface area (Å²) in [5.74, 6) is 1.70. The van der Waals surface area contributed by atoms with E-state index in [0.717, 1.165) is 37.7 Å². The first kappa shape index (κ1) is 20.4. The van der Waals surface area contributed by atoms with Crippen LogP contribution in [0, 0.1) is 5.92 Å². The largest absolute Gasteiger partial charge is 0.370 e. The zero-order valence-electron chi connectivity index (χ0n) is 17.5. The number of ether oxygens (including phenoxy) is 1. The quantitative estimate of drug-likeness (QED) is 0.599. The summed E-state index contributed by atoms with van der Waals surface area (Å²) in [6, 6.07) is 4.39. The van der Waals surface area contributed by atoms with E-state index in [0.29, 0.717) is 12.5 Å². The molecular formula is C21H32N6OS. The minimum Gasteiger partial charge on any atom is -0.370 e. The molecule has 0 saturated carbocycles. The zero-order valence-corrected chi connectivity index (χ0v) is 18.3. The van der Waals surface area contributed by atoms with Crippen molar-refractivity contribution in [1.82, 2.24) is 24.9 Å². The van der Waals surface area contributed by atoms with Gasteiger partial charge in [-0.3, -0.25) is 14.6 Å². The van der Waals surface area contributed by atoms with Crippen molar-refractivity contribution in [3.8, 4) is 0 Å². The Morgan fingerprint density at radius 1 is 1.34 bits per heavy atom. The Labute approximate surface area is 177 Å². The Morgan fingerprint density at radius 3 is 2.90 bits per heavy atom. The van der Waals surface area contributed by atoms with E-state index in [-0.39, 0.29) is 6.10 Å². The first-order chi connectivity index (χ1) is 14.2. The molecule has 1 unspecified atom stereocenters. The molecule has 0 amide bonds. The highest BCUT2D eigenvalue weighted by atomic mass is 32.1. The van der Waals surface area contributed by atoms with Gasteiger partial charge in [0, 0.05) is 50.4 Å². The van der Waals surface area contributed by atoms with E-state index in [1.165, 1.54) is 30.8 Å². The molecule has 2 aromatic heterocycles. The Morgan fingerprint density at radius 2 is 2.21 bits per heavy atom. The maximum atomic E-state index is 5.97. The predicted octanol–water partition coefficient (Wildman–Crippen LogP) is 2.34. The lowest BCUT2D eigenvalue weighted by Gasteiger charge is -2.36.